The highest BCUT2D eigenvalue weighted by molar-refractivity contribution is 7.89. The first-order chi connectivity index (χ1) is 13.7. The number of hydrogen-bond acceptors (Lipinski definition) is 4. The minimum atomic E-state index is -3.77. The lowest BCUT2D eigenvalue weighted by Crippen LogP contribution is -2.43. The van der Waals surface area contributed by atoms with Crippen LogP contribution in [0.25, 0.3) is 0 Å². The predicted molar refractivity (Wildman–Crippen MR) is 114 cm³/mol. The summed E-state index contributed by atoms with van der Waals surface area (Å²) >= 11 is 6.12. The fraction of sp³-hybridized carbons (Fsp3) is 0.381. The van der Waals surface area contributed by atoms with Crippen molar-refractivity contribution in [1.82, 2.24) is 4.31 Å². The molecule has 1 aliphatic rings. The van der Waals surface area contributed by atoms with E-state index in [0.29, 0.717) is 35.8 Å². The van der Waals surface area contributed by atoms with Crippen molar-refractivity contribution in [2.45, 2.75) is 31.6 Å². The highest BCUT2D eigenvalue weighted by Crippen LogP contribution is 2.31. The Kier molecular flexibility index (Phi) is 6.51. The average Bonchev–Trinajstić information content (AvgIpc) is 2.71. The molecule has 2 aromatic rings. The summed E-state index contributed by atoms with van der Waals surface area (Å²) in [5.74, 6) is -0.337. The number of carbonyl (C=O) groups excluding carboxylic acids is 1. The number of benzene rings is 2. The Hall–Kier alpha value is -2.09. The molecule has 156 valence electrons. The number of amides is 1. The Labute approximate surface area is 176 Å². The highest BCUT2D eigenvalue weighted by Gasteiger charge is 2.35. The predicted octanol–water partition coefficient (Wildman–Crippen LogP) is 4.00. The number of rotatable bonds is 5. The van der Waals surface area contributed by atoms with E-state index in [1.807, 2.05) is 13.8 Å². The number of piperidine rings is 1. The number of anilines is 1. The Morgan fingerprint density at radius 3 is 2.72 bits per heavy atom. The quantitative estimate of drug-likeness (QED) is 0.768. The Morgan fingerprint density at radius 1 is 1.24 bits per heavy atom. The van der Waals surface area contributed by atoms with Crippen LogP contribution in [0.3, 0.4) is 0 Å². The molecule has 1 amide bonds. The molecule has 0 saturated carbocycles. The number of methoxy groups -OCH3 is 1. The number of nitrogens with one attached hydrogen (secondary N) is 1. The summed E-state index contributed by atoms with van der Waals surface area (Å²) in [6.07, 6.45) is 1.24. The number of carbonyl (C=O) groups is 1. The van der Waals surface area contributed by atoms with Gasteiger partial charge in [-0.2, -0.15) is 4.31 Å². The van der Waals surface area contributed by atoms with Gasteiger partial charge in [-0.05, 0) is 62.1 Å². The molecule has 1 N–H and O–H groups in total. The van der Waals surface area contributed by atoms with Crippen molar-refractivity contribution in [3.05, 3.63) is 52.5 Å². The maximum Gasteiger partial charge on any atom is 0.246 e. The Balaban J connectivity index is 1.80. The molecule has 1 unspecified atom stereocenters. The number of nitrogens with zero attached hydrogens (tertiary/aromatic N) is 1. The van der Waals surface area contributed by atoms with Crippen molar-refractivity contribution in [2.75, 3.05) is 25.5 Å². The molecule has 0 radical (unpaired) electrons. The molecule has 0 aliphatic carbocycles. The second-order valence-electron chi connectivity index (χ2n) is 7.26. The number of sulfonamides is 1. The van der Waals surface area contributed by atoms with Crippen LogP contribution in [0, 0.1) is 19.8 Å². The van der Waals surface area contributed by atoms with Crippen molar-refractivity contribution in [3.63, 3.8) is 0 Å². The van der Waals surface area contributed by atoms with Crippen LogP contribution < -0.4 is 10.1 Å². The third kappa shape index (κ3) is 4.57. The third-order valence-electron chi connectivity index (χ3n) is 5.22. The molecular weight excluding hydrogens is 412 g/mol. The molecule has 0 aromatic heterocycles. The SMILES string of the molecule is COc1ccc(C)cc1S(=O)(=O)N1CCCC(C(=O)Nc2cccc(Cl)c2C)C1. The van der Waals surface area contributed by atoms with Crippen LogP contribution in [-0.4, -0.2) is 38.8 Å². The van der Waals surface area contributed by atoms with Gasteiger partial charge in [-0.1, -0.05) is 23.7 Å². The zero-order chi connectivity index (χ0) is 21.2. The van der Waals surface area contributed by atoms with E-state index in [1.165, 1.54) is 11.4 Å². The van der Waals surface area contributed by atoms with Gasteiger partial charge in [-0.25, -0.2) is 8.42 Å². The van der Waals surface area contributed by atoms with E-state index >= 15 is 0 Å². The van der Waals surface area contributed by atoms with Crippen LogP contribution in [-0.2, 0) is 14.8 Å². The normalized spacial score (nSPS) is 17.7. The standard InChI is InChI=1S/C21H25ClN2O4S/c1-14-9-10-19(28-3)20(12-14)29(26,27)24-11-5-6-16(13-24)21(25)23-18-8-4-7-17(22)15(18)2/h4,7-10,12,16H,5-6,11,13H2,1-3H3,(H,23,25). The van der Waals surface area contributed by atoms with Gasteiger partial charge in [0.05, 0.1) is 13.0 Å². The summed E-state index contributed by atoms with van der Waals surface area (Å²) in [5, 5.41) is 3.47. The van der Waals surface area contributed by atoms with Crippen LogP contribution in [0.5, 0.6) is 5.75 Å². The van der Waals surface area contributed by atoms with Gasteiger partial charge in [0.25, 0.3) is 0 Å². The fourth-order valence-electron chi connectivity index (χ4n) is 3.48. The van der Waals surface area contributed by atoms with Gasteiger partial charge < -0.3 is 10.1 Å². The first-order valence-electron chi connectivity index (χ1n) is 9.45. The number of aryl methyl sites for hydroxylation is 1. The summed E-state index contributed by atoms with van der Waals surface area (Å²) in [6, 6.07) is 10.4. The summed E-state index contributed by atoms with van der Waals surface area (Å²) in [6.45, 7) is 4.17. The maximum atomic E-state index is 13.2. The summed E-state index contributed by atoms with van der Waals surface area (Å²) in [7, 11) is -2.33. The van der Waals surface area contributed by atoms with Gasteiger partial charge in [0.2, 0.25) is 15.9 Å². The van der Waals surface area contributed by atoms with E-state index in [9.17, 15) is 13.2 Å². The van der Waals surface area contributed by atoms with E-state index in [1.54, 1.807) is 36.4 Å². The van der Waals surface area contributed by atoms with E-state index in [0.717, 1.165) is 11.1 Å². The molecule has 2 aromatic carbocycles. The monoisotopic (exact) mass is 436 g/mol. The fourth-order valence-corrected chi connectivity index (χ4v) is 5.42. The van der Waals surface area contributed by atoms with Crippen molar-refractivity contribution in [2.24, 2.45) is 5.92 Å². The van der Waals surface area contributed by atoms with Gasteiger partial charge >= 0.3 is 0 Å². The molecular formula is C21H25ClN2O4S. The average molecular weight is 437 g/mol. The maximum absolute atomic E-state index is 13.2. The van der Waals surface area contributed by atoms with Crippen LogP contribution in [0.4, 0.5) is 5.69 Å². The number of ether oxygens (including phenoxy) is 1. The van der Waals surface area contributed by atoms with Crippen LogP contribution in [0.2, 0.25) is 5.02 Å². The second kappa shape index (κ2) is 8.73. The summed E-state index contributed by atoms with van der Waals surface area (Å²) < 4.78 is 33.1. The van der Waals surface area contributed by atoms with Crippen molar-refractivity contribution < 1.29 is 17.9 Å². The van der Waals surface area contributed by atoms with Crippen LogP contribution in [0.15, 0.2) is 41.3 Å². The van der Waals surface area contributed by atoms with Crippen molar-refractivity contribution in [3.8, 4) is 5.75 Å². The van der Waals surface area contributed by atoms with Gasteiger partial charge in [-0.15, -0.1) is 0 Å². The molecule has 29 heavy (non-hydrogen) atoms. The molecule has 1 aliphatic heterocycles. The second-order valence-corrected chi connectivity index (χ2v) is 9.57. The molecule has 0 spiro atoms. The molecule has 0 bridgehead atoms. The van der Waals surface area contributed by atoms with Gasteiger partial charge in [0, 0.05) is 23.8 Å². The Bertz CT molecular complexity index is 1020. The van der Waals surface area contributed by atoms with Crippen molar-refractivity contribution >= 4 is 33.2 Å². The topological polar surface area (TPSA) is 75.7 Å². The van der Waals surface area contributed by atoms with Gasteiger partial charge in [0.1, 0.15) is 10.6 Å². The van der Waals surface area contributed by atoms with Gasteiger partial charge in [-0.3, -0.25) is 4.79 Å². The molecule has 1 saturated heterocycles. The zero-order valence-electron chi connectivity index (χ0n) is 16.7. The highest BCUT2D eigenvalue weighted by atomic mass is 35.5. The minimum absolute atomic E-state index is 0.130. The van der Waals surface area contributed by atoms with Crippen LogP contribution in [0.1, 0.15) is 24.0 Å². The molecule has 6 nitrogen and oxygen atoms in total. The molecule has 1 fully saturated rings. The van der Waals surface area contributed by atoms with E-state index < -0.39 is 15.9 Å². The smallest absolute Gasteiger partial charge is 0.246 e. The lowest BCUT2D eigenvalue weighted by Gasteiger charge is -2.31. The van der Waals surface area contributed by atoms with E-state index in [-0.39, 0.29) is 17.3 Å². The molecule has 3 rings (SSSR count). The zero-order valence-corrected chi connectivity index (χ0v) is 18.3. The first kappa shape index (κ1) is 21.6. The lowest BCUT2D eigenvalue weighted by atomic mass is 9.98. The third-order valence-corrected chi connectivity index (χ3v) is 7.51. The van der Waals surface area contributed by atoms with E-state index in [4.69, 9.17) is 16.3 Å². The first-order valence-corrected chi connectivity index (χ1v) is 11.3. The lowest BCUT2D eigenvalue weighted by molar-refractivity contribution is -0.120. The number of halogens is 1. The molecule has 1 heterocycles. The van der Waals surface area contributed by atoms with Crippen LogP contribution >= 0.6 is 11.6 Å². The van der Waals surface area contributed by atoms with Crippen molar-refractivity contribution in [1.29, 1.82) is 0 Å². The Morgan fingerprint density at radius 2 is 2.00 bits per heavy atom. The summed E-state index contributed by atoms with van der Waals surface area (Å²) in [4.78, 5) is 12.9. The molecule has 1 atom stereocenters. The number of hydrogen-bond donors (Lipinski definition) is 1. The van der Waals surface area contributed by atoms with Gasteiger partial charge in [0.15, 0.2) is 0 Å². The largest absolute Gasteiger partial charge is 0.495 e. The van der Waals surface area contributed by atoms with E-state index in [2.05, 4.69) is 5.32 Å². The summed E-state index contributed by atoms with van der Waals surface area (Å²) in [5.41, 5.74) is 2.25. The minimum Gasteiger partial charge on any atom is -0.495 e. The molecule has 8 heteroatoms.